The molecule has 4 nitrogen and oxygen atoms in total. The van der Waals surface area contributed by atoms with Gasteiger partial charge in [0.15, 0.2) is 5.79 Å². The first-order valence-electron chi connectivity index (χ1n) is 7.71. The molecule has 0 radical (unpaired) electrons. The zero-order valence-electron chi connectivity index (χ0n) is 12.2. The first-order chi connectivity index (χ1) is 9.99. The second-order valence-electron chi connectivity index (χ2n) is 5.77. The summed E-state index contributed by atoms with van der Waals surface area (Å²) in [6.07, 6.45) is 0.446. The molecule has 0 aromatic heterocycles. The van der Waals surface area contributed by atoms with Gasteiger partial charge in [-0.25, -0.2) is 0 Å². The molecule has 1 aliphatic heterocycles. The van der Waals surface area contributed by atoms with E-state index in [2.05, 4.69) is 5.48 Å². The zero-order chi connectivity index (χ0) is 15.2. The van der Waals surface area contributed by atoms with Gasteiger partial charge in [-0.1, -0.05) is 0 Å². The van der Waals surface area contributed by atoms with Gasteiger partial charge in [0.1, 0.15) is 0 Å². The summed E-state index contributed by atoms with van der Waals surface area (Å²) in [5.41, 5.74) is 2.87. The van der Waals surface area contributed by atoms with E-state index in [4.69, 9.17) is 14.3 Å². The molecule has 1 saturated heterocycles. The van der Waals surface area contributed by atoms with Crippen molar-refractivity contribution in [2.75, 3.05) is 19.8 Å². The average Bonchev–Trinajstić information content (AvgIpc) is 2.65. The molecule has 0 unspecified atom stereocenters. The molecule has 1 aliphatic carbocycles. The summed E-state index contributed by atoms with van der Waals surface area (Å²) in [5, 5.41) is 0. The van der Waals surface area contributed by atoms with Gasteiger partial charge in [0, 0.05) is 25.3 Å². The third kappa shape index (κ3) is 6.10. The highest BCUT2D eigenvalue weighted by Gasteiger charge is 2.38. The quantitative estimate of drug-likeness (QED) is 0.624. The maximum Gasteiger partial charge on any atom is 0.389 e. The van der Waals surface area contributed by atoms with Crippen LogP contribution in [0.3, 0.4) is 0 Å². The van der Waals surface area contributed by atoms with Crippen molar-refractivity contribution in [3.05, 3.63) is 0 Å². The lowest BCUT2D eigenvalue weighted by molar-refractivity contribution is -0.245. The van der Waals surface area contributed by atoms with Crippen molar-refractivity contribution in [3.8, 4) is 0 Å². The Balaban J connectivity index is 1.58. The van der Waals surface area contributed by atoms with Gasteiger partial charge in [0.25, 0.3) is 0 Å². The molecule has 0 bridgehead atoms. The van der Waals surface area contributed by atoms with Gasteiger partial charge in [-0.3, -0.25) is 0 Å². The van der Waals surface area contributed by atoms with Crippen molar-refractivity contribution in [2.45, 2.75) is 69.4 Å². The zero-order valence-corrected chi connectivity index (χ0v) is 12.2. The van der Waals surface area contributed by atoms with E-state index in [-0.39, 0.29) is 19.1 Å². The van der Waals surface area contributed by atoms with Crippen molar-refractivity contribution in [1.82, 2.24) is 5.48 Å². The Kier molecular flexibility index (Phi) is 6.28. The van der Waals surface area contributed by atoms with Gasteiger partial charge >= 0.3 is 6.18 Å². The minimum Gasteiger partial charge on any atom is -0.350 e. The lowest BCUT2D eigenvalue weighted by atomic mass is 9.90. The van der Waals surface area contributed by atoms with Crippen LogP contribution in [0.2, 0.25) is 0 Å². The number of ether oxygens (including phenoxy) is 2. The maximum absolute atomic E-state index is 12.0. The van der Waals surface area contributed by atoms with Crippen molar-refractivity contribution in [1.29, 1.82) is 0 Å². The molecule has 0 amide bonds. The van der Waals surface area contributed by atoms with Gasteiger partial charge < -0.3 is 14.3 Å². The summed E-state index contributed by atoms with van der Waals surface area (Å²) in [6.45, 7) is 1.56. The van der Waals surface area contributed by atoms with Crippen LogP contribution in [0.15, 0.2) is 0 Å². The predicted octanol–water partition coefficient (Wildman–Crippen LogP) is 3.32. The largest absolute Gasteiger partial charge is 0.389 e. The van der Waals surface area contributed by atoms with Crippen molar-refractivity contribution in [3.63, 3.8) is 0 Å². The highest BCUT2D eigenvalue weighted by molar-refractivity contribution is 4.83. The molecule has 1 N–H and O–H groups in total. The van der Waals surface area contributed by atoms with Crippen LogP contribution < -0.4 is 5.48 Å². The number of rotatable bonds is 5. The normalized spacial score (nSPS) is 24.1. The molecule has 2 fully saturated rings. The summed E-state index contributed by atoms with van der Waals surface area (Å²) >= 11 is 0. The molecule has 1 saturated carbocycles. The van der Waals surface area contributed by atoms with Crippen LogP contribution in [-0.4, -0.2) is 37.8 Å². The summed E-state index contributed by atoms with van der Waals surface area (Å²) in [7, 11) is 0. The summed E-state index contributed by atoms with van der Waals surface area (Å²) in [6, 6.07) is 0.164. The minimum absolute atomic E-state index is 0.0145. The number of hydroxylamine groups is 1. The number of halogens is 3. The Labute approximate surface area is 123 Å². The molecule has 1 spiro atoms. The Morgan fingerprint density at radius 2 is 1.71 bits per heavy atom. The standard InChI is InChI=1S/C14H24F3NO3/c15-14(16,17)6-3-11-21-18-12-4-7-13(8-5-12)19-9-1-2-10-20-13/h12,18H,1-11H2. The second kappa shape index (κ2) is 7.76. The summed E-state index contributed by atoms with van der Waals surface area (Å²) < 4.78 is 47.6. The fourth-order valence-corrected chi connectivity index (χ4v) is 2.75. The Hall–Kier alpha value is -0.370. The molecular weight excluding hydrogens is 287 g/mol. The van der Waals surface area contributed by atoms with Crippen molar-refractivity contribution < 1.29 is 27.5 Å². The van der Waals surface area contributed by atoms with E-state index in [1.807, 2.05) is 0 Å². The molecule has 124 valence electrons. The van der Waals surface area contributed by atoms with Gasteiger partial charge in [0.05, 0.1) is 19.8 Å². The van der Waals surface area contributed by atoms with Crippen molar-refractivity contribution >= 4 is 0 Å². The topological polar surface area (TPSA) is 39.7 Å². The lowest BCUT2D eigenvalue weighted by Gasteiger charge is -2.38. The highest BCUT2D eigenvalue weighted by atomic mass is 19.4. The smallest absolute Gasteiger partial charge is 0.350 e. The Morgan fingerprint density at radius 3 is 2.29 bits per heavy atom. The van der Waals surface area contributed by atoms with Crippen LogP contribution in [-0.2, 0) is 14.3 Å². The van der Waals surface area contributed by atoms with E-state index in [1.54, 1.807) is 0 Å². The third-order valence-electron chi connectivity index (χ3n) is 3.97. The van der Waals surface area contributed by atoms with E-state index in [0.29, 0.717) is 0 Å². The molecule has 1 heterocycles. The fraction of sp³-hybridized carbons (Fsp3) is 1.00. The van der Waals surface area contributed by atoms with Gasteiger partial charge in [0.2, 0.25) is 0 Å². The third-order valence-corrected chi connectivity index (χ3v) is 3.97. The van der Waals surface area contributed by atoms with Gasteiger partial charge in [-0.2, -0.15) is 18.7 Å². The first kappa shape index (κ1) is 17.0. The average molecular weight is 311 g/mol. The van der Waals surface area contributed by atoms with E-state index >= 15 is 0 Å². The SMILES string of the molecule is FC(F)(F)CCCONC1CCC2(CC1)OCCCCO2. The number of hydrogen-bond acceptors (Lipinski definition) is 4. The molecule has 21 heavy (non-hydrogen) atoms. The second-order valence-corrected chi connectivity index (χ2v) is 5.77. The molecular formula is C14H24F3NO3. The molecule has 0 aromatic rings. The van der Waals surface area contributed by atoms with Crippen molar-refractivity contribution in [2.24, 2.45) is 0 Å². The Bertz CT molecular complexity index is 294. The molecule has 7 heteroatoms. The van der Waals surface area contributed by atoms with E-state index in [0.717, 1.165) is 51.7 Å². The lowest BCUT2D eigenvalue weighted by Crippen LogP contribution is -2.44. The molecule has 2 aliphatic rings. The highest BCUT2D eigenvalue weighted by Crippen LogP contribution is 2.34. The van der Waals surface area contributed by atoms with E-state index in [1.165, 1.54) is 0 Å². The van der Waals surface area contributed by atoms with Crippen LogP contribution in [0, 0.1) is 0 Å². The monoisotopic (exact) mass is 311 g/mol. The van der Waals surface area contributed by atoms with Crippen LogP contribution in [0.25, 0.3) is 0 Å². The van der Waals surface area contributed by atoms with Crippen LogP contribution >= 0.6 is 0 Å². The van der Waals surface area contributed by atoms with Gasteiger partial charge in [-0.05, 0) is 32.1 Å². The van der Waals surface area contributed by atoms with E-state index in [9.17, 15) is 13.2 Å². The number of alkyl halides is 3. The van der Waals surface area contributed by atoms with Gasteiger partial charge in [-0.15, -0.1) is 0 Å². The van der Waals surface area contributed by atoms with E-state index < -0.39 is 18.4 Å². The van der Waals surface area contributed by atoms with Crippen LogP contribution in [0.5, 0.6) is 0 Å². The number of hydrogen-bond donors (Lipinski definition) is 1. The maximum atomic E-state index is 12.0. The fourth-order valence-electron chi connectivity index (χ4n) is 2.75. The molecule has 0 aromatic carbocycles. The Morgan fingerprint density at radius 1 is 1.10 bits per heavy atom. The number of nitrogens with one attached hydrogen (secondary N) is 1. The van der Waals surface area contributed by atoms with Crippen LogP contribution in [0.1, 0.15) is 51.4 Å². The predicted molar refractivity (Wildman–Crippen MR) is 70.5 cm³/mol. The van der Waals surface area contributed by atoms with Crippen LogP contribution in [0.4, 0.5) is 13.2 Å². The molecule has 2 rings (SSSR count). The summed E-state index contributed by atoms with van der Waals surface area (Å²) in [5.74, 6) is -0.440. The minimum atomic E-state index is -4.10. The summed E-state index contributed by atoms with van der Waals surface area (Å²) in [4.78, 5) is 5.14. The molecule has 0 atom stereocenters. The first-order valence-corrected chi connectivity index (χ1v) is 7.71.